The summed E-state index contributed by atoms with van der Waals surface area (Å²) in [4.78, 5) is 12.0. The van der Waals surface area contributed by atoms with Crippen LogP contribution < -0.4 is 5.32 Å². The first kappa shape index (κ1) is 15.6. The summed E-state index contributed by atoms with van der Waals surface area (Å²) < 4.78 is 40.6. The predicted octanol–water partition coefficient (Wildman–Crippen LogP) is 3.86. The third-order valence-electron chi connectivity index (χ3n) is 2.84. The van der Waals surface area contributed by atoms with Crippen LogP contribution in [0.2, 0.25) is 0 Å². The van der Waals surface area contributed by atoms with E-state index in [1.54, 1.807) is 13.1 Å². The first-order chi connectivity index (χ1) is 9.79. The van der Waals surface area contributed by atoms with Crippen LogP contribution in [0, 0.1) is 0 Å². The summed E-state index contributed by atoms with van der Waals surface area (Å²) in [5.74, 6) is -0.581. The zero-order chi connectivity index (χ0) is 15.6. The average Bonchev–Trinajstić information content (AvgIpc) is 2.84. The van der Waals surface area contributed by atoms with Gasteiger partial charge < -0.3 is 5.32 Å². The Labute approximate surface area is 127 Å². The van der Waals surface area contributed by atoms with Crippen molar-refractivity contribution in [2.75, 3.05) is 5.32 Å². The van der Waals surface area contributed by atoms with E-state index in [9.17, 15) is 18.0 Å². The number of halogens is 4. The fourth-order valence-electron chi connectivity index (χ4n) is 1.72. The van der Waals surface area contributed by atoms with Crippen LogP contribution in [-0.4, -0.2) is 15.7 Å². The minimum Gasteiger partial charge on any atom is -0.324 e. The molecular weight excluding hydrogens is 351 g/mol. The monoisotopic (exact) mass is 361 g/mol. The fourth-order valence-corrected chi connectivity index (χ4v) is 2.02. The molecule has 1 heterocycles. The van der Waals surface area contributed by atoms with Crippen LogP contribution in [0.5, 0.6) is 0 Å². The Kier molecular flexibility index (Phi) is 4.36. The van der Waals surface area contributed by atoms with Gasteiger partial charge in [-0.05, 0) is 35.0 Å². The first-order valence-corrected chi connectivity index (χ1v) is 6.75. The molecule has 0 saturated carbocycles. The van der Waals surface area contributed by atoms with Crippen molar-refractivity contribution < 1.29 is 18.0 Å². The van der Waals surface area contributed by atoms with Gasteiger partial charge in [-0.1, -0.05) is 12.1 Å². The van der Waals surface area contributed by atoms with Gasteiger partial charge in [0.05, 0.1) is 21.9 Å². The lowest BCUT2D eigenvalue weighted by molar-refractivity contribution is -0.137. The summed E-state index contributed by atoms with van der Waals surface area (Å²) in [6.45, 7) is 1.55. The molecule has 0 aliphatic heterocycles. The van der Waals surface area contributed by atoms with Crippen LogP contribution in [0.3, 0.4) is 0 Å². The molecule has 112 valence electrons. The van der Waals surface area contributed by atoms with Gasteiger partial charge in [-0.15, -0.1) is 0 Å². The molecule has 0 fully saturated rings. The van der Waals surface area contributed by atoms with Gasteiger partial charge in [0.1, 0.15) is 6.04 Å². The van der Waals surface area contributed by atoms with E-state index in [0.29, 0.717) is 4.47 Å². The van der Waals surface area contributed by atoms with Crippen LogP contribution in [0.25, 0.3) is 0 Å². The zero-order valence-corrected chi connectivity index (χ0v) is 12.4. The summed E-state index contributed by atoms with van der Waals surface area (Å²) in [6.07, 6.45) is -1.46. The van der Waals surface area contributed by atoms with Crippen molar-refractivity contribution in [2.24, 2.45) is 0 Å². The molecule has 21 heavy (non-hydrogen) atoms. The maximum atomic E-state index is 12.9. The fraction of sp³-hybridized carbons (Fsp3) is 0.231. The summed E-state index contributed by atoms with van der Waals surface area (Å²) in [5.41, 5.74) is -1.15. The maximum absolute atomic E-state index is 12.9. The molecule has 8 heteroatoms. The van der Waals surface area contributed by atoms with E-state index in [-0.39, 0.29) is 5.69 Å². The molecule has 4 nitrogen and oxygen atoms in total. The summed E-state index contributed by atoms with van der Waals surface area (Å²) in [6, 6.07) is 4.10. The van der Waals surface area contributed by atoms with Gasteiger partial charge in [-0.3, -0.25) is 9.48 Å². The minimum absolute atomic E-state index is 0.270. The Hall–Kier alpha value is -1.83. The third-order valence-corrected chi connectivity index (χ3v) is 3.25. The quantitative estimate of drug-likeness (QED) is 0.901. The Bertz CT molecular complexity index is 654. The highest BCUT2D eigenvalue weighted by atomic mass is 79.9. The number of alkyl halides is 3. The van der Waals surface area contributed by atoms with Crippen LogP contribution in [0.1, 0.15) is 18.5 Å². The van der Waals surface area contributed by atoms with Crippen LogP contribution in [0.15, 0.2) is 41.1 Å². The molecule has 1 aromatic heterocycles. The summed E-state index contributed by atoms with van der Waals surface area (Å²) in [5, 5.41) is 6.23. The van der Waals surface area contributed by atoms with E-state index >= 15 is 0 Å². The number of rotatable bonds is 3. The highest BCUT2D eigenvalue weighted by molar-refractivity contribution is 9.10. The second-order valence-corrected chi connectivity index (χ2v) is 5.26. The van der Waals surface area contributed by atoms with E-state index in [2.05, 4.69) is 26.3 Å². The van der Waals surface area contributed by atoms with E-state index in [4.69, 9.17) is 0 Å². The molecule has 1 amide bonds. The van der Waals surface area contributed by atoms with Crippen molar-refractivity contribution >= 4 is 27.5 Å². The molecule has 1 N–H and O–H groups in total. The van der Waals surface area contributed by atoms with Crippen LogP contribution in [-0.2, 0) is 11.0 Å². The lowest BCUT2D eigenvalue weighted by Crippen LogP contribution is -2.25. The van der Waals surface area contributed by atoms with Crippen molar-refractivity contribution in [1.82, 2.24) is 9.78 Å². The third kappa shape index (κ3) is 3.63. The van der Waals surface area contributed by atoms with Crippen LogP contribution in [0.4, 0.5) is 18.9 Å². The largest absolute Gasteiger partial charge is 0.418 e. The number of nitrogens with zero attached hydrogens (tertiary/aromatic N) is 2. The van der Waals surface area contributed by atoms with E-state index < -0.39 is 23.7 Å². The van der Waals surface area contributed by atoms with E-state index in [1.165, 1.54) is 29.1 Å². The van der Waals surface area contributed by atoms with Gasteiger partial charge in [-0.2, -0.15) is 18.3 Å². The number of carbonyl (C=O) groups excluding carboxylic acids is 1. The molecule has 1 unspecified atom stereocenters. The molecule has 0 radical (unpaired) electrons. The van der Waals surface area contributed by atoms with Crippen molar-refractivity contribution in [1.29, 1.82) is 0 Å². The average molecular weight is 362 g/mol. The lowest BCUT2D eigenvalue weighted by Gasteiger charge is -2.16. The van der Waals surface area contributed by atoms with Gasteiger partial charge in [-0.25, -0.2) is 0 Å². The maximum Gasteiger partial charge on any atom is 0.418 e. The van der Waals surface area contributed by atoms with Gasteiger partial charge in [0.25, 0.3) is 0 Å². The predicted molar refractivity (Wildman–Crippen MR) is 74.7 cm³/mol. The highest BCUT2D eigenvalue weighted by Gasteiger charge is 2.33. The van der Waals surface area contributed by atoms with Gasteiger partial charge in [0, 0.05) is 6.20 Å². The SMILES string of the molecule is CC(C(=O)Nc1ccccc1C(F)(F)F)n1cc(Br)cn1. The molecule has 2 rings (SSSR count). The van der Waals surface area contributed by atoms with Gasteiger partial charge in [0.2, 0.25) is 5.91 Å². The number of nitrogens with one attached hydrogen (secondary N) is 1. The van der Waals surface area contributed by atoms with Crippen molar-refractivity contribution in [3.8, 4) is 0 Å². The van der Waals surface area contributed by atoms with Crippen molar-refractivity contribution in [3.63, 3.8) is 0 Å². The second kappa shape index (κ2) is 5.88. The number of hydrogen-bond acceptors (Lipinski definition) is 2. The lowest BCUT2D eigenvalue weighted by atomic mass is 10.1. The molecular formula is C13H11BrF3N3O. The number of amides is 1. The first-order valence-electron chi connectivity index (χ1n) is 5.96. The van der Waals surface area contributed by atoms with Gasteiger partial charge in [0.15, 0.2) is 0 Å². The minimum atomic E-state index is -4.53. The molecule has 2 aromatic rings. The number of carbonyl (C=O) groups is 1. The molecule has 0 aliphatic carbocycles. The number of aromatic nitrogens is 2. The molecule has 1 aromatic carbocycles. The topological polar surface area (TPSA) is 46.9 Å². The van der Waals surface area contributed by atoms with E-state index in [0.717, 1.165) is 6.07 Å². The Morgan fingerprint density at radius 1 is 1.38 bits per heavy atom. The Morgan fingerprint density at radius 2 is 2.05 bits per heavy atom. The van der Waals surface area contributed by atoms with Gasteiger partial charge >= 0.3 is 6.18 Å². The van der Waals surface area contributed by atoms with E-state index in [1.807, 2.05) is 0 Å². The molecule has 0 aliphatic rings. The molecule has 0 bridgehead atoms. The number of benzene rings is 1. The summed E-state index contributed by atoms with van der Waals surface area (Å²) >= 11 is 3.19. The smallest absolute Gasteiger partial charge is 0.324 e. The van der Waals surface area contributed by atoms with Crippen LogP contribution >= 0.6 is 15.9 Å². The standard InChI is InChI=1S/C13H11BrF3N3O/c1-8(20-7-9(14)6-18-20)12(21)19-11-5-3-2-4-10(11)13(15,16)17/h2-8H,1H3,(H,19,21). The number of anilines is 1. The second-order valence-electron chi connectivity index (χ2n) is 4.35. The summed E-state index contributed by atoms with van der Waals surface area (Å²) in [7, 11) is 0. The number of hydrogen-bond donors (Lipinski definition) is 1. The Balaban J connectivity index is 2.20. The normalized spacial score (nSPS) is 13.0. The molecule has 0 saturated heterocycles. The number of para-hydroxylation sites is 1. The highest BCUT2D eigenvalue weighted by Crippen LogP contribution is 2.34. The van der Waals surface area contributed by atoms with Crippen molar-refractivity contribution in [2.45, 2.75) is 19.1 Å². The Morgan fingerprint density at radius 3 is 2.62 bits per heavy atom. The molecule has 0 spiro atoms. The zero-order valence-electron chi connectivity index (χ0n) is 10.9. The molecule has 1 atom stereocenters. The van der Waals surface area contributed by atoms with Crippen molar-refractivity contribution in [3.05, 3.63) is 46.7 Å².